The van der Waals surface area contributed by atoms with Gasteiger partial charge < -0.3 is 4.98 Å². The second-order valence-corrected chi connectivity index (χ2v) is 5.94. The third-order valence-electron chi connectivity index (χ3n) is 2.96. The van der Waals surface area contributed by atoms with Crippen molar-refractivity contribution < 1.29 is 0 Å². The molecule has 0 saturated heterocycles. The average Bonchev–Trinajstić information content (AvgIpc) is 2.84. The summed E-state index contributed by atoms with van der Waals surface area (Å²) < 4.78 is 0.688. The molecule has 0 unspecified atom stereocenters. The first-order valence-corrected chi connectivity index (χ1v) is 7.92. The number of aromatic nitrogens is 2. The molecule has 0 bridgehead atoms. The van der Waals surface area contributed by atoms with Gasteiger partial charge >= 0.3 is 0 Å². The SMILES string of the molecule is CSc1nc2c(-c3ccc(C)cc3)csc2c(=O)[nH]1. The zero-order valence-electron chi connectivity index (χ0n) is 10.6. The third kappa shape index (κ3) is 2.19. The van der Waals surface area contributed by atoms with E-state index in [0.717, 1.165) is 16.6 Å². The van der Waals surface area contributed by atoms with Gasteiger partial charge in [0.25, 0.3) is 5.56 Å². The number of thiophene rings is 1. The summed E-state index contributed by atoms with van der Waals surface area (Å²) in [6, 6.07) is 8.28. The lowest BCUT2D eigenvalue weighted by Gasteiger charge is -2.01. The molecule has 2 heterocycles. The molecule has 0 aliphatic rings. The van der Waals surface area contributed by atoms with Gasteiger partial charge in [0, 0.05) is 10.9 Å². The molecule has 1 N–H and O–H groups in total. The zero-order valence-corrected chi connectivity index (χ0v) is 12.2. The minimum absolute atomic E-state index is 0.0577. The van der Waals surface area contributed by atoms with Crippen LogP contribution >= 0.6 is 23.1 Å². The molecule has 19 heavy (non-hydrogen) atoms. The summed E-state index contributed by atoms with van der Waals surface area (Å²) in [7, 11) is 0. The van der Waals surface area contributed by atoms with Gasteiger partial charge in [-0.15, -0.1) is 11.3 Å². The zero-order chi connectivity index (χ0) is 13.4. The Bertz CT molecular complexity index is 787. The first-order chi connectivity index (χ1) is 9.19. The van der Waals surface area contributed by atoms with Crippen LogP contribution in [0, 0.1) is 6.92 Å². The largest absolute Gasteiger partial charge is 0.300 e. The summed E-state index contributed by atoms with van der Waals surface area (Å²) in [5, 5.41) is 2.66. The Morgan fingerprint density at radius 1 is 1.26 bits per heavy atom. The smallest absolute Gasteiger partial charge is 0.269 e. The van der Waals surface area contributed by atoms with E-state index in [1.54, 1.807) is 0 Å². The number of hydrogen-bond acceptors (Lipinski definition) is 4. The van der Waals surface area contributed by atoms with Crippen molar-refractivity contribution >= 4 is 33.3 Å². The van der Waals surface area contributed by atoms with E-state index in [1.165, 1.54) is 28.7 Å². The molecule has 5 heteroatoms. The van der Waals surface area contributed by atoms with E-state index in [-0.39, 0.29) is 5.56 Å². The minimum Gasteiger partial charge on any atom is -0.300 e. The highest BCUT2D eigenvalue weighted by Crippen LogP contribution is 2.31. The number of rotatable bonds is 2. The van der Waals surface area contributed by atoms with Gasteiger partial charge in [-0.3, -0.25) is 4.79 Å². The van der Waals surface area contributed by atoms with Crippen LogP contribution in [-0.2, 0) is 0 Å². The van der Waals surface area contributed by atoms with Crippen molar-refractivity contribution in [2.45, 2.75) is 12.1 Å². The molecule has 0 fully saturated rings. The summed E-state index contributed by atoms with van der Waals surface area (Å²) in [5.41, 5.74) is 4.09. The number of benzene rings is 1. The molecule has 3 nitrogen and oxygen atoms in total. The van der Waals surface area contributed by atoms with Crippen LogP contribution in [0.2, 0.25) is 0 Å². The number of H-pyrrole nitrogens is 1. The van der Waals surface area contributed by atoms with Gasteiger partial charge in [0.15, 0.2) is 5.16 Å². The number of nitrogens with zero attached hydrogens (tertiary/aromatic N) is 1. The third-order valence-corrected chi connectivity index (χ3v) is 4.51. The van der Waals surface area contributed by atoms with Crippen molar-refractivity contribution in [3.05, 3.63) is 45.6 Å². The summed E-state index contributed by atoms with van der Waals surface area (Å²) in [5.74, 6) is 0. The van der Waals surface area contributed by atoms with Gasteiger partial charge in [-0.05, 0) is 18.7 Å². The first-order valence-electron chi connectivity index (χ1n) is 5.81. The molecule has 3 rings (SSSR count). The summed E-state index contributed by atoms with van der Waals surface area (Å²) in [4.78, 5) is 19.3. The number of nitrogens with one attached hydrogen (secondary N) is 1. The maximum Gasteiger partial charge on any atom is 0.269 e. The van der Waals surface area contributed by atoms with E-state index in [4.69, 9.17) is 0 Å². The number of hydrogen-bond donors (Lipinski definition) is 1. The van der Waals surface area contributed by atoms with Crippen molar-refractivity contribution in [2.75, 3.05) is 6.26 Å². The van der Waals surface area contributed by atoms with E-state index in [2.05, 4.69) is 41.2 Å². The van der Waals surface area contributed by atoms with E-state index in [9.17, 15) is 4.79 Å². The van der Waals surface area contributed by atoms with Crippen LogP contribution in [0.5, 0.6) is 0 Å². The molecule has 3 aromatic rings. The molecule has 0 saturated carbocycles. The fraction of sp³-hybridized carbons (Fsp3) is 0.143. The Morgan fingerprint density at radius 3 is 2.68 bits per heavy atom. The van der Waals surface area contributed by atoms with Crippen LogP contribution in [0.1, 0.15) is 5.56 Å². The average molecular weight is 288 g/mol. The Morgan fingerprint density at radius 2 is 2.00 bits per heavy atom. The van der Waals surface area contributed by atoms with Crippen molar-refractivity contribution in [3.63, 3.8) is 0 Å². The van der Waals surface area contributed by atoms with Crippen LogP contribution in [-0.4, -0.2) is 16.2 Å². The lowest BCUT2D eigenvalue weighted by atomic mass is 10.1. The number of thioether (sulfide) groups is 1. The predicted molar refractivity (Wildman–Crippen MR) is 82.2 cm³/mol. The first kappa shape index (κ1) is 12.4. The topological polar surface area (TPSA) is 45.8 Å². The second kappa shape index (κ2) is 4.83. The Balaban J connectivity index is 2.27. The fourth-order valence-electron chi connectivity index (χ4n) is 1.94. The molecule has 0 aliphatic carbocycles. The maximum absolute atomic E-state index is 12.0. The van der Waals surface area contributed by atoms with Crippen LogP contribution in [0.25, 0.3) is 21.3 Å². The summed E-state index contributed by atoms with van der Waals surface area (Å²) >= 11 is 2.89. The lowest BCUT2D eigenvalue weighted by molar-refractivity contribution is 0.982. The van der Waals surface area contributed by atoms with Gasteiger partial charge in [0.1, 0.15) is 4.70 Å². The lowest BCUT2D eigenvalue weighted by Crippen LogP contribution is -2.07. The Hall–Kier alpha value is -1.59. The quantitative estimate of drug-likeness (QED) is 0.578. The summed E-state index contributed by atoms with van der Waals surface area (Å²) in [6.07, 6.45) is 1.90. The maximum atomic E-state index is 12.0. The highest BCUT2D eigenvalue weighted by Gasteiger charge is 2.12. The minimum atomic E-state index is -0.0577. The molecule has 0 spiro atoms. The highest BCUT2D eigenvalue weighted by molar-refractivity contribution is 7.98. The molecule has 0 atom stereocenters. The fourth-order valence-corrected chi connectivity index (χ4v) is 3.23. The molecule has 96 valence electrons. The van der Waals surface area contributed by atoms with Gasteiger partial charge in [0.2, 0.25) is 0 Å². The molecular formula is C14H12N2OS2. The van der Waals surface area contributed by atoms with E-state index >= 15 is 0 Å². The molecular weight excluding hydrogens is 276 g/mol. The van der Waals surface area contributed by atoms with Crippen LogP contribution in [0.15, 0.2) is 39.6 Å². The number of aromatic amines is 1. The number of fused-ring (bicyclic) bond motifs is 1. The van der Waals surface area contributed by atoms with Crippen molar-refractivity contribution in [2.24, 2.45) is 0 Å². The highest BCUT2D eigenvalue weighted by atomic mass is 32.2. The monoisotopic (exact) mass is 288 g/mol. The van der Waals surface area contributed by atoms with E-state index in [1.807, 2.05) is 11.6 Å². The normalized spacial score (nSPS) is 11.1. The standard InChI is InChI=1S/C14H12N2OS2/c1-8-3-5-9(6-4-8)10-7-19-12-11(10)15-14(18-2)16-13(12)17/h3-7H,1-2H3,(H,15,16,17). The van der Waals surface area contributed by atoms with E-state index < -0.39 is 0 Å². The second-order valence-electron chi connectivity index (χ2n) is 4.27. The molecule has 2 aromatic heterocycles. The Labute approximate surface area is 118 Å². The van der Waals surface area contributed by atoms with Crippen LogP contribution < -0.4 is 5.56 Å². The number of aryl methyl sites for hydroxylation is 1. The predicted octanol–water partition coefficient (Wildman–Crippen LogP) is 3.68. The van der Waals surface area contributed by atoms with Crippen LogP contribution in [0.4, 0.5) is 0 Å². The van der Waals surface area contributed by atoms with Crippen LogP contribution in [0.3, 0.4) is 0 Å². The van der Waals surface area contributed by atoms with Gasteiger partial charge in [-0.1, -0.05) is 41.6 Å². The molecule has 0 aliphatic heterocycles. The molecule has 0 amide bonds. The van der Waals surface area contributed by atoms with Gasteiger partial charge in [0.05, 0.1) is 5.52 Å². The Kier molecular flexibility index (Phi) is 3.16. The van der Waals surface area contributed by atoms with Crippen molar-refractivity contribution in [1.82, 2.24) is 9.97 Å². The molecule has 1 aromatic carbocycles. The van der Waals surface area contributed by atoms with Crippen molar-refractivity contribution in [1.29, 1.82) is 0 Å². The van der Waals surface area contributed by atoms with Crippen molar-refractivity contribution in [3.8, 4) is 11.1 Å². The van der Waals surface area contributed by atoms with Gasteiger partial charge in [-0.25, -0.2) is 4.98 Å². The molecule has 0 radical (unpaired) electrons. The summed E-state index contributed by atoms with van der Waals surface area (Å²) in [6.45, 7) is 2.06. The van der Waals surface area contributed by atoms with E-state index in [0.29, 0.717) is 9.86 Å². The van der Waals surface area contributed by atoms with Gasteiger partial charge in [-0.2, -0.15) is 0 Å².